The molecule has 0 aliphatic heterocycles. The number of nitrogens with zero attached hydrogens (tertiary/aromatic N) is 2. The molecular formula is C17H17N5O2. The third kappa shape index (κ3) is 2.88. The molecule has 7 nitrogen and oxygen atoms in total. The maximum Gasteiger partial charge on any atom is 0.259 e. The number of pyridine rings is 3. The summed E-state index contributed by atoms with van der Waals surface area (Å²) in [7, 11) is 1.61. The highest BCUT2D eigenvalue weighted by atomic mass is 16.5. The number of aromatic nitrogens is 3. The van der Waals surface area contributed by atoms with Crippen molar-refractivity contribution >= 4 is 28.2 Å². The quantitative estimate of drug-likeness (QED) is 0.668. The minimum Gasteiger partial charge on any atom is -0.497 e. The van der Waals surface area contributed by atoms with Crippen LogP contribution in [0.3, 0.4) is 0 Å². The molecule has 3 aromatic heterocycles. The van der Waals surface area contributed by atoms with Gasteiger partial charge in [0.15, 0.2) is 0 Å². The normalized spacial score (nSPS) is 13.7. The van der Waals surface area contributed by atoms with Crippen molar-refractivity contribution in [2.75, 3.05) is 17.7 Å². The molecule has 4 rings (SSSR count). The molecule has 0 atom stereocenters. The first-order valence-electron chi connectivity index (χ1n) is 7.79. The number of nitrogens with one attached hydrogen (secondary N) is 3. The van der Waals surface area contributed by atoms with Gasteiger partial charge in [0.05, 0.1) is 12.5 Å². The molecule has 0 spiro atoms. The lowest BCUT2D eigenvalue weighted by atomic mass is 10.2. The van der Waals surface area contributed by atoms with E-state index in [0.29, 0.717) is 34.6 Å². The summed E-state index contributed by atoms with van der Waals surface area (Å²) in [5.41, 5.74) is -0.144. The Kier molecular flexibility index (Phi) is 3.53. The van der Waals surface area contributed by atoms with E-state index in [-0.39, 0.29) is 5.56 Å². The Morgan fingerprint density at radius 2 is 2.12 bits per heavy atom. The maximum absolute atomic E-state index is 12.2. The van der Waals surface area contributed by atoms with Crippen LogP contribution < -0.4 is 20.9 Å². The molecule has 0 amide bonds. The van der Waals surface area contributed by atoms with Crippen molar-refractivity contribution in [1.29, 1.82) is 0 Å². The standard InChI is InChI=1S/C17H17N5O2/c1-24-12-5-7-18-13(9-12)21-14-8-10-4-6-19-17(23)15(10)16(22-14)20-11-2-3-11/h4-9,11H,2-3H2,1H3,(H,19,23)(H2,18,20,21,22). The Morgan fingerprint density at radius 3 is 2.92 bits per heavy atom. The van der Waals surface area contributed by atoms with Crippen LogP contribution in [-0.4, -0.2) is 28.1 Å². The first-order valence-corrected chi connectivity index (χ1v) is 7.79. The van der Waals surface area contributed by atoms with Crippen molar-refractivity contribution in [2.45, 2.75) is 18.9 Å². The van der Waals surface area contributed by atoms with Crippen LogP contribution in [0.15, 0.2) is 41.5 Å². The summed E-state index contributed by atoms with van der Waals surface area (Å²) < 4.78 is 5.20. The number of ether oxygens (including phenoxy) is 1. The molecule has 3 heterocycles. The lowest BCUT2D eigenvalue weighted by molar-refractivity contribution is 0.414. The first-order chi connectivity index (χ1) is 11.7. The SMILES string of the molecule is COc1ccnc(Nc2cc3cc[nH]c(=O)c3c(NC3CC3)n2)c1. The lowest BCUT2D eigenvalue weighted by Gasteiger charge is -2.11. The van der Waals surface area contributed by atoms with E-state index in [1.165, 1.54) is 0 Å². The van der Waals surface area contributed by atoms with E-state index >= 15 is 0 Å². The number of methoxy groups -OCH3 is 1. The van der Waals surface area contributed by atoms with Gasteiger partial charge >= 0.3 is 0 Å². The van der Waals surface area contributed by atoms with Crippen molar-refractivity contribution in [3.05, 3.63) is 47.0 Å². The van der Waals surface area contributed by atoms with Gasteiger partial charge in [-0.25, -0.2) is 9.97 Å². The second kappa shape index (κ2) is 5.84. The summed E-state index contributed by atoms with van der Waals surface area (Å²) in [6.45, 7) is 0. The van der Waals surface area contributed by atoms with Gasteiger partial charge in [-0.2, -0.15) is 0 Å². The number of hydrogen-bond donors (Lipinski definition) is 3. The fraction of sp³-hybridized carbons (Fsp3) is 0.235. The number of hydrogen-bond acceptors (Lipinski definition) is 6. The van der Waals surface area contributed by atoms with E-state index in [4.69, 9.17) is 4.74 Å². The summed E-state index contributed by atoms with van der Waals surface area (Å²) in [4.78, 5) is 23.7. The van der Waals surface area contributed by atoms with Crippen LogP contribution >= 0.6 is 0 Å². The minimum absolute atomic E-state index is 0.144. The predicted octanol–water partition coefficient (Wildman–Crippen LogP) is 2.64. The summed E-state index contributed by atoms with van der Waals surface area (Å²) >= 11 is 0. The Labute approximate surface area is 138 Å². The van der Waals surface area contributed by atoms with E-state index in [9.17, 15) is 4.79 Å². The Morgan fingerprint density at radius 1 is 1.25 bits per heavy atom. The van der Waals surface area contributed by atoms with Crippen LogP contribution in [0.4, 0.5) is 17.5 Å². The third-order valence-corrected chi connectivity index (χ3v) is 3.90. The molecule has 7 heteroatoms. The van der Waals surface area contributed by atoms with Gasteiger partial charge in [0.2, 0.25) is 0 Å². The second-order valence-corrected chi connectivity index (χ2v) is 5.75. The summed E-state index contributed by atoms with van der Waals surface area (Å²) in [5, 5.41) is 7.90. The van der Waals surface area contributed by atoms with Gasteiger partial charge < -0.3 is 20.4 Å². The molecule has 0 radical (unpaired) electrons. The molecule has 24 heavy (non-hydrogen) atoms. The molecular weight excluding hydrogens is 306 g/mol. The van der Waals surface area contributed by atoms with Crippen LogP contribution in [0.1, 0.15) is 12.8 Å². The molecule has 0 saturated heterocycles. The molecule has 3 N–H and O–H groups in total. The average Bonchev–Trinajstić information content (AvgIpc) is 3.39. The first kappa shape index (κ1) is 14.5. The van der Waals surface area contributed by atoms with Gasteiger partial charge in [-0.05, 0) is 36.4 Å². The zero-order valence-electron chi connectivity index (χ0n) is 13.2. The molecule has 122 valence electrons. The van der Waals surface area contributed by atoms with E-state index in [0.717, 1.165) is 18.2 Å². The summed E-state index contributed by atoms with van der Waals surface area (Å²) in [6, 6.07) is 7.66. The van der Waals surface area contributed by atoms with Crippen LogP contribution in [0.5, 0.6) is 5.75 Å². The van der Waals surface area contributed by atoms with Gasteiger partial charge in [-0.3, -0.25) is 4.79 Å². The Balaban J connectivity index is 1.76. The number of anilines is 3. The van der Waals surface area contributed by atoms with Gasteiger partial charge in [-0.15, -0.1) is 0 Å². The van der Waals surface area contributed by atoms with Crippen molar-refractivity contribution in [3.63, 3.8) is 0 Å². The number of aromatic amines is 1. The number of fused-ring (bicyclic) bond motifs is 1. The smallest absolute Gasteiger partial charge is 0.259 e. The van der Waals surface area contributed by atoms with E-state index in [2.05, 4.69) is 25.6 Å². The van der Waals surface area contributed by atoms with E-state index < -0.39 is 0 Å². The van der Waals surface area contributed by atoms with Crippen molar-refractivity contribution in [2.24, 2.45) is 0 Å². The highest BCUT2D eigenvalue weighted by Crippen LogP contribution is 2.29. The van der Waals surface area contributed by atoms with Gasteiger partial charge in [0.1, 0.15) is 23.2 Å². The zero-order chi connectivity index (χ0) is 16.5. The molecule has 3 aromatic rings. The highest BCUT2D eigenvalue weighted by Gasteiger charge is 2.23. The second-order valence-electron chi connectivity index (χ2n) is 5.75. The monoisotopic (exact) mass is 323 g/mol. The van der Waals surface area contributed by atoms with E-state index in [1.807, 2.05) is 12.1 Å². The van der Waals surface area contributed by atoms with Crippen LogP contribution in [0.25, 0.3) is 10.8 Å². The fourth-order valence-electron chi connectivity index (χ4n) is 2.54. The van der Waals surface area contributed by atoms with Crippen molar-refractivity contribution in [1.82, 2.24) is 15.0 Å². The van der Waals surface area contributed by atoms with Crippen molar-refractivity contribution < 1.29 is 4.74 Å². The van der Waals surface area contributed by atoms with Crippen LogP contribution in [0.2, 0.25) is 0 Å². The molecule has 1 aliphatic rings. The largest absolute Gasteiger partial charge is 0.497 e. The molecule has 0 aromatic carbocycles. The predicted molar refractivity (Wildman–Crippen MR) is 93.1 cm³/mol. The molecule has 0 bridgehead atoms. The van der Waals surface area contributed by atoms with E-state index in [1.54, 1.807) is 31.6 Å². The van der Waals surface area contributed by atoms with Gasteiger partial charge in [0.25, 0.3) is 5.56 Å². The topological polar surface area (TPSA) is 91.9 Å². The average molecular weight is 323 g/mol. The summed E-state index contributed by atoms with van der Waals surface area (Å²) in [5.74, 6) is 2.56. The zero-order valence-corrected chi connectivity index (χ0v) is 13.2. The fourth-order valence-corrected chi connectivity index (χ4v) is 2.54. The minimum atomic E-state index is -0.144. The van der Waals surface area contributed by atoms with Crippen molar-refractivity contribution in [3.8, 4) is 5.75 Å². The molecule has 1 fully saturated rings. The van der Waals surface area contributed by atoms with Crippen LogP contribution in [-0.2, 0) is 0 Å². The molecule has 1 aliphatic carbocycles. The molecule has 1 saturated carbocycles. The Hall–Kier alpha value is -3.09. The molecule has 0 unspecified atom stereocenters. The maximum atomic E-state index is 12.2. The number of H-pyrrole nitrogens is 1. The van der Waals surface area contributed by atoms with Crippen LogP contribution in [0, 0.1) is 0 Å². The highest BCUT2D eigenvalue weighted by molar-refractivity contribution is 5.93. The Bertz CT molecular complexity index is 949. The third-order valence-electron chi connectivity index (χ3n) is 3.90. The lowest BCUT2D eigenvalue weighted by Crippen LogP contribution is -2.12. The van der Waals surface area contributed by atoms with Gasteiger partial charge in [-0.1, -0.05) is 0 Å². The van der Waals surface area contributed by atoms with Gasteiger partial charge in [0, 0.05) is 24.5 Å². The number of rotatable bonds is 5. The summed E-state index contributed by atoms with van der Waals surface area (Å²) in [6.07, 6.45) is 5.50.